The zero-order valence-electron chi connectivity index (χ0n) is 14.6. The Morgan fingerprint density at radius 2 is 1.84 bits per heavy atom. The maximum absolute atomic E-state index is 12.3. The highest BCUT2D eigenvalue weighted by Gasteiger charge is 2.11. The number of anilines is 1. The van der Waals surface area contributed by atoms with Crippen LogP contribution in [0.4, 0.5) is 5.69 Å². The van der Waals surface area contributed by atoms with Gasteiger partial charge in [0.25, 0.3) is 0 Å². The van der Waals surface area contributed by atoms with Crippen LogP contribution in [-0.4, -0.2) is 26.7 Å². The van der Waals surface area contributed by atoms with Gasteiger partial charge in [0.05, 0.1) is 26.5 Å². The van der Waals surface area contributed by atoms with Crippen LogP contribution in [0, 0.1) is 0 Å². The Morgan fingerprint density at radius 1 is 1.08 bits per heavy atom. The summed E-state index contributed by atoms with van der Waals surface area (Å²) in [7, 11) is 3.21. The Bertz CT molecular complexity index is 733. The molecule has 0 spiro atoms. The highest BCUT2D eigenvalue weighted by Crippen LogP contribution is 2.29. The summed E-state index contributed by atoms with van der Waals surface area (Å²) in [4.78, 5) is 12.3. The summed E-state index contributed by atoms with van der Waals surface area (Å²) >= 11 is 6.01. The second kappa shape index (κ2) is 9.18. The summed E-state index contributed by atoms with van der Waals surface area (Å²) in [5.41, 5.74) is 1.48. The summed E-state index contributed by atoms with van der Waals surface area (Å²) in [6, 6.07) is 10.7. The van der Waals surface area contributed by atoms with Gasteiger partial charge in [0.1, 0.15) is 17.2 Å². The Labute approximate surface area is 152 Å². The fraction of sp³-hybridized carbons (Fsp3) is 0.316. The first kappa shape index (κ1) is 18.9. The van der Waals surface area contributed by atoms with Gasteiger partial charge in [0.2, 0.25) is 5.91 Å². The fourth-order valence-electron chi connectivity index (χ4n) is 2.42. The van der Waals surface area contributed by atoms with Crippen molar-refractivity contribution in [3.63, 3.8) is 0 Å². The first-order chi connectivity index (χ1) is 12.1. The van der Waals surface area contributed by atoms with Crippen LogP contribution >= 0.6 is 11.6 Å². The van der Waals surface area contributed by atoms with Crippen LogP contribution in [0.2, 0.25) is 5.02 Å². The SMILES string of the molecule is CCOc1ccc(Cl)cc1NC(=O)CCc1cc(OC)ccc1OC. The monoisotopic (exact) mass is 363 g/mol. The molecular formula is C19H22ClNO4. The first-order valence-corrected chi connectivity index (χ1v) is 8.38. The van der Waals surface area contributed by atoms with Crippen molar-refractivity contribution in [1.82, 2.24) is 0 Å². The number of benzene rings is 2. The van der Waals surface area contributed by atoms with Gasteiger partial charge < -0.3 is 19.5 Å². The van der Waals surface area contributed by atoms with Crippen molar-refractivity contribution in [2.75, 3.05) is 26.1 Å². The molecule has 0 unspecified atom stereocenters. The lowest BCUT2D eigenvalue weighted by atomic mass is 10.1. The van der Waals surface area contributed by atoms with Crippen molar-refractivity contribution in [3.8, 4) is 17.2 Å². The average Bonchev–Trinajstić information content (AvgIpc) is 2.62. The third-order valence-corrected chi connectivity index (χ3v) is 3.86. The minimum atomic E-state index is -0.131. The number of ether oxygens (including phenoxy) is 3. The van der Waals surface area contributed by atoms with Crippen LogP contribution < -0.4 is 19.5 Å². The molecule has 5 nitrogen and oxygen atoms in total. The van der Waals surface area contributed by atoms with E-state index in [1.54, 1.807) is 32.4 Å². The number of aryl methyl sites for hydroxylation is 1. The highest BCUT2D eigenvalue weighted by atomic mass is 35.5. The molecule has 0 fully saturated rings. The number of hydrogen-bond acceptors (Lipinski definition) is 4. The van der Waals surface area contributed by atoms with Crippen LogP contribution in [0.5, 0.6) is 17.2 Å². The molecule has 0 aliphatic rings. The van der Waals surface area contributed by atoms with Crippen molar-refractivity contribution in [2.45, 2.75) is 19.8 Å². The van der Waals surface area contributed by atoms with Gasteiger partial charge in [-0.3, -0.25) is 4.79 Å². The van der Waals surface area contributed by atoms with Crippen LogP contribution in [0.15, 0.2) is 36.4 Å². The zero-order chi connectivity index (χ0) is 18.2. The van der Waals surface area contributed by atoms with Crippen LogP contribution in [-0.2, 0) is 11.2 Å². The quantitative estimate of drug-likeness (QED) is 0.758. The molecule has 2 aromatic rings. The van der Waals surface area contributed by atoms with Gasteiger partial charge in [-0.2, -0.15) is 0 Å². The van der Waals surface area contributed by atoms with Crippen molar-refractivity contribution >= 4 is 23.2 Å². The molecule has 0 radical (unpaired) electrons. The number of carbonyl (C=O) groups is 1. The lowest BCUT2D eigenvalue weighted by Gasteiger charge is -2.13. The third-order valence-electron chi connectivity index (χ3n) is 3.62. The topological polar surface area (TPSA) is 56.8 Å². The normalized spacial score (nSPS) is 10.2. The van der Waals surface area contributed by atoms with Crippen LogP contribution in [0.25, 0.3) is 0 Å². The van der Waals surface area contributed by atoms with Gasteiger partial charge in [-0.05, 0) is 55.3 Å². The van der Waals surface area contributed by atoms with Gasteiger partial charge in [-0.15, -0.1) is 0 Å². The summed E-state index contributed by atoms with van der Waals surface area (Å²) in [6.45, 7) is 2.39. The Kier molecular flexibility index (Phi) is 6.95. The molecule has 2 aromatic carbocycles. The van der Waals surface area contributed by atoms with Gasteiger partial charge in [-0.1, -0.05) is 11.6 Å². The van der Waals surface area contributed by atoms with Crippen LogP contribution in [0.1, 0.15) is 18.9 Å². The molecule has 6 heteroatoms. The number of amides is 1. The molecule has 0 bridgehead atoms. The standard InChI is InChI=1S/C19H22ClNO4/c1-4-25-18-8-6-14(20)12-16(18)21-19(22)10-5-13-11-15(23-2)7-9-17(13)24-3/h6-9,11-12H,4-5,10H2,1-3H3,(H,21,22). The maximum atomic E-state index is 12.3. The maximum Gasteiger partial charge on any atom is 0.224 e. The second-order valence-electron chi connectivity index (χ2n) is 5.30. The predicted molar refractivity (Wildman–Crippen MR) is 99.1 cm³/mol. The number of halogens is 1. The molecule has 0 atom stereocenters. The minimum Gasteiger partial charge on any atom is -0.497 e. The van der Waals surface area contributed by atoms with Crippen molar-refractivity contribution < 1.29 is 19.0 Å². The molecule has 0 saturated carbocycles. The number of methoxy groups -OCH3 is 2. The van der Waals surface area contributed by atoms with E-state index < -0.39 is 0 Å². The number of rotatable bonds is 8. The van der Waals surface area contributed by atoms with E-state index in [0.29, 0.717) is 35.9 Å². The molecule has 25 heavy (non-hydrogen) atoms. The number of hydrogen-bond donors (Lipinski definition) is 1. The molecule has 2 rings (SSSR count). The molecule has 0 aliphatic carbocycles. The van der Waals surface area contributed by atoms with E-state index in [4.69, 9.17) is 25.8 Å². The van der Waals surface area contributed by atoms with Crippen molar-refractivity contribution in [3.05, 3.63) is 47.0 Å². The Morgan fingerprint density at radius 3 is 2.52 bits per heavy atom. The van der Waals surface area contributed by atoms with E-state index >= 15 is 0 Å². The molecule has 0 heterocycles. The molecule has 1 amide bonds. The largest absolute Gasteiger partial charge is 0.497 e. The minimum absolute atomic E-state index is 0.131. The second-order valence-corrected chi connectivity index (χ2v) is 5.74. The fourth-order valence-corrected chi connectivity index (χ4v) is 2.59. The van der Waals surface area contributed by atoms with Gasteiger partial charge in [0.15, 0.2) is 0 Å². The van der Waals surface area contributed by atoms with E-state index in [-0.39, 0.29) is 5.91 Å². The smallest absolute Gasteiger partial charge is 0.224 e. The van der Waals surface area contributed by atoms with Crippen molar-refractivity contribution in [2.24, 2.45) is 0 Å². The van der Waals surface area contributed by atoms with Crippen molar-refractivity contribution in [1.29, 1.82) is 0 Å². The first-order valence-electron chi connectivity index (χ1n) is 8.00. The van der Waals surface area contributed by atoms with Gasteiger partial charge in [0, 0.05) is 11.4 Å². The van der Waals surface area contributed by atoms with Gasteiger partial charge in [-0.25, -0.2) is 0 Å². The molecule has 0 aromatic heterocycles. The predicted octanol–water partition coefficient (Wildman–Crippen LogP) is 4.33. The highest BCUT2D eigenvalue weighted by molar-refractivity contribution is 6.31. The number of carbonyl (C=O) groups excluding carboxylic acids is 1. The van der Waals surface area contributed by atoms with Crippen LogP contribution in [0.3, 0.4) is 0 Å². The van der Waals surface area contributed by atoms with E-state index in [9.17, 15) is 4.79 Å². The molecule has 1 N–H and O–H groups in total. The molecular weight excluding hydrogens is 342 g/mol. The molecule has 0 saturated heterocycles. The molecule has 0 aliphatic heterocycles. The van der Waals surface area contributed by atoms with Gasteiger partial charge >= 0.3 is 0 Å². The van der Waals surface area contributed by atoms with E-state index in [2.05, 4.69) is 5.32 Å². The average molecular weight is 364 g/mol. The van der Waals surface area contributed by atoms with E-state index in [1.165, 1.54) is 0 Å². The van der Waals surface area contributed by atoms with E-state index in [1.807, 2.05) is 25.1 Å². The number of nitrogens with one attached hydrogen (secondary N) is 1. The Balaban J connectivity index is 2.05. The summed E-state index contributed by atoms with van der Waals surface area (Å²) in [6.07, 6.45) is 0.818. The lowest BCUT2D eigenvalue weighted by Crippen LogP contribution is -2.13. The molecule has 134 valence electrons. The zero-order valence-corrected chi connectivity index (χ0v) is 15.4. The Hall–Kier alpha value is -2.40. The lowest BCUT2D eigenvalue weighted by molar-refractivity contribution is -0.116. The summed E-state index contributed by atoms with van der Waals surface area (Å²) in [5.74, 6) is 1.92. The van der Waals surface area contributed by atoms with E-state index in [0.717, 1.165) is 17.1 Å². The third kappa shape index (κ3) is 5.29. The summed E-state index contributed by atoms with van der Waals surface area (Å²) in [5, 5.41) is 3.39. The summed E-state index contributed by atoms with van der Waals surface area (Å²) < 4.78 is 16.1.